The van der Waals surface area contributed by atoms with Crippen molar-refractivity contribution in [1.82, 2.24) is 4.98 Å². The van der Waals surface area contributed by atoms with Crippen LogP contribution in [-0.2, 0) is 4.74 Å². The van der Waals surface area contributed by atoms with Crippen LogP contribution < -0.4 is 5.56 Å². The first-order valence-electron chi connectivity index (χ1n) is 4.76. The predicted octanol–water partition coefficient (Wildman–Crippen LogP) is 2.23. The minimum absolute atomic E-state index is 0.142. The van der Waals surface area contributed by atoms with E-state index in [-0.39, 0.29) is 17.9 Å². The van der Waals surface area contributed by atoms with E-state index in [1.54, 1.807) is 13.0 Å². The molecular weight excluding hydrogens is 310 g/mol. The first-order valence-corrected chi connectivity index (χ1v) is 6.37. The second kappa shape index (κ2) is 4.50. The van der Waals surface area contributed by atoms with Gasteiger partial charge in [-0.2, -0.15) is 0 Å². The summed E-state index contributed by atoms with van der Waals surface area (Å²) in [4.78, 5) is 26.2. The van der Waals surface area contributed by atoms with Gasteiger partial charge in [-0.15, -0.1) is 11.3 Å². The molecule has 2 N–H and O–H groups in total. The molecule has 0 aliphatic heterocycles. The smallest absolute Gasteiger partial charge is 0.347 e. The number of pyridine rings is 1. The van der Waals surface area contributed by atoms with Crippen LogP contribution in [0.15, 0.2) is 14.6 Å². The largest absolute Gasteiger partial charge is 0.506 e. The van der Waals surface area contributed by atoms with Crippen LogP contribution in [0.5, 0.6) is 5.75 Å². The van der Waals surface area contributed by atoms with E-state index in [1.807, 2.05) is 0 Å². The number of aromatic hydroxyl groups is 1. The van der Waals surface area contributed by atoms with Crippen LogP contribution in [0, 0.1) is 0 Å². The minimum Gasteiger partial charge on any atom is -0.506 e. The lowest BCUT2D eigenvalue weighted by Crippen LogP contribution is -2.19. The van der Waals surface area contributed by atoms with E-state index in [9.17, 15) is 14.7 Å². The van der Waals surface area contributed by atoms with Crippen molar-refractivity contribution in [3.05, 3.63) is 25.8 Å². The lowest BCUT2D eigenvalue weighted by atomic mass is 10.2. The molecule has 2 aromatic rings. The second-order valence-electron chi connectivity index (χ2n) is 3.19. The number of hydrogen-bond acceptors (Lipinski definition) is 5. The molecule has 0 atom stereocenters. The fourth-order valence-corrected chi connectivity index (χ4v) is 2.93. The molecule has 0 aliphatic rings. The van der Waals surface area contributed by atoms with Gasteiger partial charge in [-0.25, -0.2) is 4.79 Å². The third-order valence-electron chi connectivity index (χ3n) is 2.13. The Morgan fingerprint density at radius 2 is 2.35 bits per heavy atom. The fraction of sp³-hybridized carbons (Fsp3) is 0.200. The van der Waals surface area contributed by atoms with E-state index < -0.39 is 11.5 Å². The molecule has 0 unspecified atom stereocenters. The number of ether oxygens (including phenoxy) is 1. The molecule has 7 heteroatoms. The van der Waals surface area contributed by atoms with E-state index in [0.29, 0.717) is 10.2 Å². The SMILES string of the molecule is CCOC(=O)c1c(O)c2cc(Br)sc2[nH]c1=O. The van der Waals surface area contributed by atoms with Gasteiger partial charge in [0.25, 0.3) is 5.56 Å². The van der Waals surface area contributed by atoms with Crippen molar-refractivity contribution < 1.29 is 14.6 Å². The third-order valence-corrected chi connectivity index (χ3v) is 3.68. The number of halogens is 1. The highest BCUT2D eigenvalue weighted by Gasteiger charge is 2.21. The minimum atomic E-state index is -0.824. The number of fused-ring (bicyclic) bond motifs is 1. The standard InChI is InChI=1S/C10H8BrNO4S/c1-2-16-10(15)6-7(13)4-3-5(11)17-9(4)12-8(6)14/h3H,2H2,1H3,(H2,12,13,14). The predicted molar refractivity (Wildman–Crippen MR) is 67.8 cm³/mol. The summed E-state index contributed by atoms with van der Waals surface area (Å²) in [6, 6.07) is 1.63. The molecule has 0 saturated carbocycles. The van der Waals surface area contributed by atoms with Gasteiger partial charge < -0.3 is 14.8 Å². The molecule has 90 valence electrons. The molecule has 2 aromatic heterocycles. The summed E-state index contributed by atoms with van der Waals surface area (Å²) in [5.74, 6) is -1.17. The lowest BCUT2D eigenvalue weighted by molar-refractivity contribution is 0.0521. The fourth-order valence-electron chi connectivity index (χ4n) is 1.43. The number of nitrogens with one attached hydrogen (secondary N) is 1. The Hall–Kier alpha value is -1.34. The molecule has 2 heterocycles. The topological polar surface area (TPSA) is 79.4 Å². The molecular formula is C10H8BrNO4S. The highest BCUT2D eigenvalue weighted by molar-refractivity contribution is 9.11. The zero-order valence-electron chi connectivity index (χ0n) is 8.74. The van der Waals surface area contributed by atoms with Gasteiger partial charge >= 0.3 is 5.97 Å². The van der Waals surface area contributed by atoms with Crippen LogP contribution in [0.25, 0.3) is 10.2 Å². The number of carbonyl (C=O) groups is 1. The maximum atomic E-state index is 11.7. The normalized spacial score (nSPS) is 10.7. The number of esters is 1. The van der Waals surface area contributed by atoms with E-state index in [1.165, 1.54) is 11.3 Å². The zero-order valence-corrected chi connectivity index (χ0v) is 11.1. The van der Waals surface area contributed by atoms with Crippen LogP contribution in [0.3, 0.4) is 0 Å². The molecule has 0 amide bonds. The Kier molecular flexibility index (Phi) is 3.21. The van der Waals surface area contributed by atoms with Gasteiger partial charge in [0.1, 0.15) is 10.6 Å². The van der Waals surface area contributed by atoms with E-state index >= 15 is 0 Å². The van der Waals surface area contributed by atoms with Crippen molar-refractivity contribution >= 4 is 43.5 Å². The number of hydrogen-bond donors (Lipinski definition) is 2. The molecule has 0 aromatic carbocycles. The van der Waals surface area contributed by atoms with Crippen molar-refractivity contribution in [3.63, 3.8) is 0 Å². The van der Waals surface area contributed by atoms with Crippen LogP contribution in [-0.4, -0.2) is 22.7 Å². The first-order chi connectivity index (χ1) is 8.04. The Balaban J connectivity index is 2.71. The van der Waals surface area contributed by atoms with Crippen LogP contribution in [0.4, 0.5) is 0 Å². The first kappa shape index (κ1) is 12.1. The Labute approximate surface area is 108 Å². The summed E-state index contributed by atoms with van der Waals surface area (Å²) >= 11 is 4.51. The number of thiophene rings is 1. The summed E-state index contributed by atoms with van der Waals surface area (Å²) in [6.45, 7) is 1.77. The van der Waals surface area contributed by atoms with Gasteiger partial charge in [0, 0.05) is 0 Å². The van der Waals surface area contributed by atoms with Crippen LogP contribution in [0.2, 0.25) is 0 Å². The molecule has 0 bridgehead atoms. The number of H-pyrrole nitrogens is 1. The Morgan fingerprint density at radius 1 is 1.65 bits per heavy atom. The molecule has 2 rings (SSSR count). The summed E-state index contributed by atoms with van der Waals surface area (Å²) < 4.78 is 5.47. The molecule has 0 aliphatic carbocycles. The summed E-state index contributed by atoms with van der Waals surface area (Å²) in [5.41, 5.74) is -1.01. The van der Waals surface area contributed by atoms with E-state index in [4.69, 9.17) is 4.74 Å². The van der Waals surface area contributed by atoms with Crippen molar-refractivity contribution in [2.24, 2.45) is 0 Å². The van der Waals surface area contributed by atoms with Crippen molar-refractivity contribution in [1.29, 1.82) is 0 Å². The average Bonchev–Trinajstić information content (AvgIpc) is 2.59. The lowest BCUT2D eigenvalue weighted by Gasteiger charge is -2.03. The molecule has 17 heavy (non-hydrogen) atoms. The Bertz CT molecular complexity index is 646. The number of aromatic nitrogens is 1. The van der Waals surface area contributed by atoms with Gasteiger partial charge in [0.15, 0.2) is 5.56 Å². The molecule has 0 spiro atoms. The maximum Gasteiger partial charge on any atom is 0.347 e. The average molecular weight is 318 g/mol. The Morgan fingerprint density at radius 3 is 3.00 bits per heavy atom. The maximum absolute atomic E-state index is 11.7. The second-order valence-corrected chi connectivity index (χ2v) is 5.62. The van der Waals surface area contributed by atoms with Crippen LogP contribution in [0.1, 0.15) is 17.3 Å². The number of aromatic amines is 1. The summed E-state index contributed by atoms with van der Waals surface area (Å²) in [7, 11) is 0. The van der Waals surface area contributed by atoms with Crippen molar-refractivity contribution in [2.75, 3.05) is 6.61 Å². The highest BCUT2D eigenvalue weighted by Crippen LogP contribution is 2.34. The summed E-state index contributed by atoms with van der Waals surface area (Å²) in [6.07, 6.45) is 0. The van der Waals surface area contributed by atoms with Crippen molar-refractivity contribution in [3.8, 4) is 5.75 Å². The summed E-state index contributed by atoms with van der Waals surface area (Å²) in [5, 5.41) is 10.3. The van der Waals surface area contributed by atoms with Crippen molar-refractivity contribution in [2.45, 2.75) is 6.92 Å². The van der Waals surface area contributed by atoms with Gasteiger partial charge in [-0.1, -0.05) is 0 Å². The van der Waals surface area contributed by atoms with Gasteiger partial charge in [-0.3, -0.25) is 4.79 Å². The number of rotatable bonds is 2. The molecule has 0 radical (unpaired) electrons. The van der Waals surface area contributed by atoms with Gasteiger partial charge in [-0.05, 0) is 28.9 Å². The third kappa shape index (κ3) is 2.07. The molecule has 0 fully saturated rings. The van der Waals surface area contributed by atoms with Gasteiger partial charge in [0.05, 0.1) is 15.8 Å². The monoisotopic (exact) mass is 317 g/mol. The quantitative estimate of drug-likeness (QED) is 0.832. The van der Waals surface area contributed by atoms with E-state index in [0.717, 1.165) is 3.79 Å². The zero-order chi connectivity index (χ0) is 12.6. The molecule has 5 nitrogen and oxygen atoms in total. The van der Waals surface area contributed by atoms with E-state index in [2.05, 4.69) is 20.9 Å². The highest BCUT2D eigenvalue weighted by atomic mass is 79.9. The molecule has 0 saturated heterocycles. The van der Waals surface area contributed by atoms with Gasteiger partial charge in [0.2, 0.25) is 0 Å². The van der Waals surface area contributed by atoms with Crippen LogP contribution >= 0.6 is 27.3 Å². The number of carbonyl (C=O) groups excluding carboxylic acids is 1.